The molecule has 0 bridgehead atoms. The van der Waals surface area contributed by atoms with Gasteiger partial charge in [-0.3, -0.25) is 4.84 Å². The summed E-state index contributed by atoms with van der Waals surface area (Å²) in [5, 5.41) is 8.37. The second kappa shape index (κ2) is 5.85. The van der Waals surface area contributed by atoms with Gasteiger partial charge in [-0.2, -0.15) is 0 Å². The average Bonchev–Trinajstić information content (AvgIpc) is 2.28. The Hall–Kier alpha value is -0.860. The maximum atomic E-state index is 11.8. The van der Waals surface area contributed by atoms with Gasteiger partial charge in [0.25, 0.3) is 10.0 Å². The van der Waals surface area contributed by atoms with Gasteiger partial charge in [0, 0.05) is 5.02 Å². The minimum atomic E-state index is -4.08. The fourth-order valence-corrected chi connectivity index (χ4v) is 2.87. The molecule has 2 N–H and O–H groups in total. The summed E-state index contributed by atoms with van der Waals surface area (Å²) in [6.45, 7) is 1.67. The summed E-state index contributed by atoms with van der Waals surface area (Å²) in [7, 11) is -4.08. The maximum absolute atomic E-state index is 11.8. The quantitative estimate of drug-likeness (QED) is 0.810. The number of sulfonamides is 1. The van der Waals surface area contributed by atoms with Crippen LogP contribution in [-0.2, 0) is 14.9 Å². The second-order valence-corrected chi connectivity index (χ2v) is 5.52. The highest BCUT2D eigenvalue weighted by Crippen LogP contribution is 2.29. The smallest absolute Gasteiger partial charge is 0.337 e. The molecule has 18 heavy (non-hydrogen) atoms. The standard InChI is InChI=1S/C9H9Cl2NO5S/c1-2-17-12-18(15,16)7-4-5(10)3-6(8(7)11)9(13)14/h3-4,12H,2H2,1H3,(H,13,14). The van der Waals surface area contributed by atoms with Gasteiger partial charge >= 0.3 is 5.97 Å². The fourth-order valence-electron chi connectivity index (χ4n) is 1.10. The summed E-state index contributed by atoms with van der Waals surface area (Å²) >= 11 is 11.4. The summed E-state index contributed by atoms with van der Waals surface area (Å²) in [5.74, 6) is -1.38. The molecule has 0 aromatic heterocycles. The highest BCUT2D eigenvalue weighted by atomic mass is 35.5. The predicted molar refractivity (Wildman–Crippen MR) is 65.4 cm³/mol. The Balaban J connectivity index is 3.37. The van der Waals surface area contributed by atoms with Crippen molar-refractivity contribution in [1.29, 1.82) is 0 Å². The van der Waals surface area contributed by atoms with E-state index in [-0.39, 0.29) is 11.6 Å². The monoisotopic (exact) mass is 313 g/mol. The van der Waals surface area contributed by atoms with Crippen LogP contribution < -0.4 is 4.89 Å². The average molecular weight is 314 g/mol. The van der Waals surface area contributed by atoms with Crippen LogP contribution in [0.2, 0.25) is 10.0 Å². The Morgan fingerprint density at radius 3 is 2.56 bits per heavy atom. The van der Waals surface area contributed by atoms with Gasteiger partial charge in [0.05, 0.1) is 17.2 Å². The van der Waals surface area contributed by atoms with E-state index in [1.165, 1.54) is 0 Å². The van der Waals surface area contributed by atoms with Crippen LogP contribution in [0.3, 0.4) is 0 Å². The van der Waals surface area contributed by atoms with E-state index >= 15 is 0 Å². The maximum Gasteiger partial charge on any atom is 0.337 e. The van der Waals surface area contributed by atoms with Crippen molar-refractivity contribution in [2.45, 2.75) is 11.8 Å². The summed E-state index contributed by atoms with van der Waals surface area (Å²) < 4.78 is 23.5. The van der Waals surface area contributed by atoms with Crippen LogP contribution >= 0.6 is 23.2 Å². The molecule has 0 amide bonds. The zero-order chi connectivity index (χ0) is 13.9. The number of carboxylic acids is 1. The van der Waals surface area contributed by atoms with Crippen LogP contribution in [0.1, 0.15) is 17.3 Å². The van der Waals surface area contributed by atoms with Gasteiger partial charge in [0.2, 0.25) is 0 Å². The lowest BCUT2D eigenvalue weighted by molar-refractivity contribution is 0.0696. The molecule has 0 atom stereocenters. The first-order valence-electron chi connectivity index (χ1n) is 4.65. The molecule has 0 saturated carbocycles. The Morgan fingerprint density at radius 1 is 1.44 bits per heavy atom. The topological polar surface area (TPSA) is 92.7 Å². The molecule has 0 aliphatic carbocycles. The van der Waals surface area contributed by atoms with Crippen LogP contribution in [0.4, 0.5) is 0 Å². The molecule has 6 nitrogen and oxygen atoms in total. The van der Waals surface area contributed by atoms with Crippen LogP contribution in [0.5, 0.6) is 0 Å². The molecule has 0 fully saturated rings. The van der Waals surface area contributed by atoms with E-state index in [9.17, 15) is 13.2 Å². The molecule has 1 rings (SSSR count). The molecule has 0 spiro atoms. The first-order valence-corrected chi connectivity index (χ1v) is 6.89. The summed E-state index contributed by atoms with van der Waals surface area (Å²) in [5.41, 5.74) is -0.402. The third-order valence-corrected chi connectivity index (χ3v) is 3.81. The van der Waals surface area contributed by atoms with Gasteiger partial charge in [-0.05, 0) is 19.1 Å². The first-order chi connectivity index (χ1) is 8.29. The highest BCUT2D eigenvalue weighted by molar-refractivity contribution is 7.89. The van der Waals surface area contributed by atoms with E-state index in [0.29, 0.717) is 0 Å². The fraction of sp³-hybridized carbons (Fsp3) is 0.222. The zero-order valence-corrected chi connectivity index (χ0v) is 11.4. The summed E-state index contributed by atoms with van der Waals surface area (Å²) in [6.07, 6.45) is 0. The number of aromatic carboxylic acids is 1. The minimum absolute atomic E-state index is 0.0614. The van der Waals surface area contributed by atoms with Gasteiger partial charge in [-0.15, -0.1) is 0 Å². The van der Waals surface area contributed by atoms with Crippen molar-refractivity contribution < 1.29 is 23.2 Å². The van der Waals surface area contributed by atoms with Crippen molar-refractivity contribution in [3.8, 4) is 0 Å². The molecule has 0 aliphatic heterocycles. The van der Waals surface area contributed by atoms with Crippen LogP contribution in [0.15, 0.2) is 17.0 Å². The van der Waals surface area contributed by atoms with Gasteiger partial charge in [-0.25, -0.2) is 13.2 Å². The van der Waals surface area contributed by atoms with Crippen molar-refractivity contribution >= 4 is 39.2 Å². The van der Waals surface area contributed by atoms with E-state index < -0.39 is 31.5 Å². The van der Waals surface area contributed by atoms with Gasteiger partial charge < -0.3 is 5.11 Å². The van der Waals surface area contributed by atoms with E-state index in [1.54, 1.807) is 11.8 Å². The largest absolute Gasteiger partial charge is 0.478 e. The molecular weight excluding hydrogens is 305 g/mol. The normalized spacial score (nSPS) is 11.5. The lowest BCUT2D eigenvalue weighted by atomic mass is 10.2. The number of halogens is 2. The minimum Gasteiger partial charge on any atom is -0.478 e. The number of benzene rings is 1. The number of rotatable bonds is 5. The molecule has 0 heterocycles. The Kier molecular flexibility index (Phi) is 4.94. The molecule has 0 saturated heterocycles. The molecule has 1 aromatic rings. The van der Waals surface area contributed by atoms with Gasteiger partial charge in [0.15, 0.2) is 0 Å². The van der Waals surface area contributed by atoms with Crippen LogP contribution in [0, 0.1) is 0 Å². The van der Waals surface area contributed by atoms with Crippen molar-refractivity contribution in [1.82, 2.24) is 4.89 Å². The van der Waals surface area contributed by atoms with Crippen molar-refractivity contribution in [2.24, 2.45) is 0 Å². The van der Waals surface area contributed by atoms with Crippen LogP contribution in [0.25, 0.3) is 0 Å². The second-order valence-electron chi connectivity index (χ2n) is 3.09. The number of carboxylic acid groups (broad SMARTS) is 1. The van der Waals surface area contributed by atoms with Crippen molar-refractivity contribution in [2.75, 3.05) is 6.61 Å². The lowest BCUT2D eigenvalue weighted by Gasteiger charge is -2.09. The van der Waals surface area contributed by atoms with Crippen molar-refractivity contribution in [3.63, 3.8) is 0 Å². The molecule has 9 heteroatoms. The third-order valence-electron chi connectivity index (χ3n) is 1.84. The molecule has 1 aromatic carbocycles. The van der Waals surface area contributed by atoms with E-state index in [4.69, 9.17) is 28.3 Å². The first kappa shape index (κ1) is 15.2. The molecular formula is C9H9Cl2NO5S. The summed E-state index contributed by atoms with van der Waals surface area (Å²) in [6, 6.07) is 2.10. The van der Waals surface area contributed by atoms with Crippen LogP contribution in [-0.4, -0.2) is 26.1 Å². The van der Waals surface area contributed by atoms with Crippen molar-refractivity contribution in [3.05, 3.63) is 27.7 Å². The third kappa shape index (κ3) is 3.33. The van der Waals surface area contributed by atoms with E-state index in [2.05, 4.69) is 4.84 Å². The van der Waals surface area contributed by atoms with Gasteiger partial charge in [-0.1, -0.05) is 28.1 Å². The highest BCUT2D eigenvalue weighted by Gasteiger charge is 2.23. The predicted octanol–water partition coefficient (Wildman–Crippen LogP) is 1.92. The van der Waals surface area contributed by atoms with E-state index in [1.807, 2.05) is 0 Å². The zero-order valence-electron chi connectivity index (χ0n) is 9.11. The number of nitrogens with one attached hydrogen (secondary N) is 1. The Labute approximate surface area is 113 Å². The molecule has 100 valence electrons. The Morgan fingerprint density at radius 2 is 2.06 bits per heavy atom. The number of hydrogen-bond acceptors (Lipinski definition) is 4. The molecule has 0 unspecified atom stereocenters. The molecule has 0 aliphatic rings. The summed E-state index contributed by atoms with van der Waals surface area (Å²) in [4.78, 5) is 16.8. The van der Waals surface area contributed by atoms with E-state index in [0.717, 1.165) is 12.1 Å². The SMILES string of the molecule is CCONS(=O)(=O)c1cc(Cl)cc(C(=O)O)c1Cl. The Bertz CT molecular complexity index is 573. The number of hydrogen-bond donors (Lipinski definition) is 2. The lowest BCUT2D eigenvalue weighted by Crippen LogP contribution is -2.24. The number of carbonyl (C=O) groups is 1. The molecule has 0 radical (unpaired) electrons. The van der Waals surface area contributed by atoms with Gasteiger partial charge in [0.1, 0.15) is 4.90 Å².